The first-order valence-electron chi connectivity index (χ1n) is 4.82. The number of hydrogen-bond donors (Lipinski definition) is 1. The van der Waals surface area contributed by atoms with Crippen molar-refractivity contribution >= 4 is 11.3 Å². The predicted octanol–water partition coefficient (Wildman–Crippen LogP) is 2.84. The summed E-state index contributed by atoms with van der Waals surface area (Å²) in [5.74, 6) is 0. The van der Waals surface area contributed by atoms with Gasteiger partial charge >= 0.3 is 0 Å². The molecule has 15 heavy (non-hydrogen) atoms. The standard InChI is InChI=1S/C12H13NOS/c1-8-3-4-13-11(5-8)12(14)10-6-9(2)15-7-10/h3-7,12,14H,1-2H3. The fourth-order valence-corrected chi connectivity index (χ4v) is 2.21. The highest BCUT2D eigenvalue weighted by molar-refractivity contribution is 7.10. The SMILES string of the molecule is Cc1ccnc(C(O)c2csc(C)c2)c1. The highest BCUT2D eigenvalue weighted by Crippen LogP contribution is 2.25. The minimum absolute atomic E-state index is 0.602. The van der Waals surface area contributed by atoms with E-state index in [4.69, 9.17) is 0 Å². The molecule has 0 radical (unpaired) electrons. The summed E-state index contributed by atoms with van der Waals surface area (Å²) in [7, 11) is 0. The van der Waals surface area contributed by atoms with E-state index in [1.54, 1.807) is 17.5 Å². The van der Waals surface area contributed by atoms with Crippen molar-refractivity contribution in [3.8, 4) is 0 Å². The lowest BCUT2D eigenvalue weighted by Crippen LogP contribution is -2.00. The fraction of sp³-hybridized carbons (Fsp3) is 0.250. The van der Waals surface area contributed by atoms with Gasteiger partial charge in [0.05, 0.1) is 5.69 Å². The van der Waals surface area contributed by atoms with Crippen LogP contribution in [0.15, 0.2) is 29.8 Å². The molecule has 0 saturated heterocycles. The van der Waals surface area contributed by atoms with Gasteiger partial charge in [0.25, 0.3) is 0 Å². The number of aromatic nitrogens is 1. The largest absolute Gasteiger partial charge is 0.382 e. The molecular formula is C12H13NOS. The van der Waals surface area contributed by atoms with Gasteiger partial charge in [-0.05, 0) is 48.6 Å². The second kappa shape index (κ2) is 4.13. The summed E-state index contributed by atoms with van der Waals surface area (Å²) >= 11 is 1.64. The lowest BCUT2D eigenvalue weighted by molar-refractivity contribution is 0.215. The highest BCUT2D eigenvalue weighted by atomic mass is 32.1. The molecule has 1 unspecified atom stereocenters. The zero-order valence-corrected chi connectivity index (χ0v) is 9.58. The smallest absolute Gasteiger partial charge is 0.122 e. The van der Waals surface area contributed by atoms with Crippen molar-refractivity contribution in [2.24, 2.45) is 0 Å². The van der Waals surface area contributed by atoms with Gasteiger partial charge in [0.2, 0.25) is 0 Å². The molecule has 2 aromatic heterocycles. The quantitative estimate of drug-likeness (QED) is 0.842. The van der Waals surface area contributed by atoms with Gasteiger partial charge in [-0.3, -0.25) is 4.98 Å². The topological polar surface area (TPSA) is 33.1 Å². The molecule has 0 aliphatic carbocycles. The zero-order valence-electron chi connectivity index (χ0n) is 8.77. The van der Waals surface area contributed by atoms with Crippen molar-refractivity contribution in [2.75, 3.05) is 0 Å². The second-order valence-corrected chi connectivity index (χ2v) is 4.77. The van der Waals surface area contributed by atoms with Crippen molar-refractivity contribution in [1.29, 1.82) is 0 Å². The van der Waals surface area contributed by atoms with E-state index < -0.39 is 6.10 Å². The lowest BCUT2D eigenvalue weighted by Gasteiger charge is -2.08. The maximum atomic E-state index is 10.1. The van der Waals surface area contributed by atoms with Crippen LogP contribution in [0.5, 0.6) is 0 Å². The van der Waals surface area contributed by atoms with Gasteiger partial charge in [0.15, 0.2) is 0 Å². The number of nitrogens with zero attached hydrogens (tertiary/aromatic N) is 1. The molecule has 0 aliphatic rings. The monoisotopic (exact) mass is 219 g/mol. The molecule has 3 heteroatoms. The summed E-state index contributed by atoms with van der Waals surface area (Å²) < 4.78 is 0. The molecule has 2 rings (SSSR count). The Morgan fingerprint density at radius 2 is 2.13 bits per heavy atom. The lowest BCUT2D eigenvalue weighted by atomic mass is 10.1. The van der Waals surface area contributed by atoms with E-state index in [0.717, 1.165) is 11.1 Å². The van der Waals surface area contributed by atoms with Crippen LogP contribution in [0, 0.1) is 13.8 Å². The molecule has 0 aromatic carbocycles. The summed E-state index contributed by atoms with van der Waals surface area (Å²) in [5.41, 5.74) is 2.76. The van der Waals surface area contributed by atoms with E-state index in [9.17, 15) is 5.11 Å². The summed E-state index contributed by atoms with van der Waals surface area (Å²) in [6.07, 6.45) is 1.13. The fourth-order valence-electron chi connectivity index (χ4n) is 1.49. The molecule has 0 aliphatic heterocycles. The molecule has 2 heterocycles. The van der Waals surface area contributed by atoms with E-state index in [-0.39, 0.29) is 0 Å². The van der Waals surface area contributed by atoms with Crippen LogP contribution in [0.3, 0.4) is 0 Å². The van der Waals surface area contributed by atoms with E-state index in [2.05, 4.69) is 4.98 Å². The van der Waals surface area contributed by atoms with Crippen LogP contribution >= 0.6 is 11.3 Å². The van der Waals surface area contributed by atoms with Gasteiger partial charge in [-0.2, -0.15) is 0 Å². The van der Waals surface area contributed by atoms with E-state index in [0.29, 0.717) is 5.69 Å². The number of aryl methyl sites for hydroxylation is 2. The van der Waals surface area contributed by atoms with Crippen molar-refractivity contribution in [1.82, 2.24) is 4.98 Å². The zero-order chi connectivity index (χ0) is 10.8. The Morgan fingerprint density at radius 3 is 2.73 bits per heavy atom. The molecule has 0 fully saturated rings. The molecule has 1 atom stereocenters. The van der Waals surface area contributed by atoms with Gasteiger partial charge in [0.1, 0.15) is 6.10 Å². The minimum Gasteiger partial charge on any atom is -0.382 e. The van der Waals surface area contributed by atoms with Gasteiger partial charge < -0.3 is 5.11 Å². The molecule has 0 amide bonds. The summed E-state index contributed by atoms with van der Waals surface area (Å²) in [6.45, 7) is 4.03. The minimum atomic E-state index is -0.602. The Balaban J connectivity index is 2.32. The predicted molar refractivity (Wildman–Crippen MR) is 62.1 cm³/mol. The second-order valence-electron chi connectivity index (χ2n) is 3.65. The molecular weight excluding hydrogens is 206 g/mol. The molecule has 1 N–H and O–H groups in total. The van der Waals surface area contributed by atoms with Crippen molar-refractivity contribution in [2.45, 2.75) is 20.0 Å². The molecule has 0 spiro atoms. The molecule has 0 saturated carbocycles. The van der Waals surface area contributed by atoms with Crippen LogP contribution in [0.2, 0.25) is 0 Å². The van der Waals surface area contributed by atoms with Crippen LogP contribution < -0.4 is 0 Å². The Kier molecular flexibility index (Phi) is 2.84. The number of hydrogen-bond acceptors (Lipinski definition) is 3. The Bertz CT molecular complexity index is 464. The Morgan fingerprint density at radius 1 is 1.33 bits per heavy atom. The van der Waals surface area contributed by atoms with Crippen LogP contribution in [-0.4, -0.2) is 10.1 Å². The third-order valence-corrected chi connectivity index (χ3v) is 3.16. The van der Waals surface area contributed by atoms with E-state index >= 15 is 0 Å². The van der Waals surface area contributed by atoms with Gasteiger partial charge in [0, 0.05) is 11.1 Å². The first-order chi connectivity index (χ1) is 7.16. The van der Waals surface area contributed by atoms with Crippen molar-refractivity contribution < 1.29 is 5.11 Å². The first-order valence-corrected chi connectivity index (χ1v) is 5.70. The highest BCUT2D eigenvalue weighted by Gasteiger charge is 2.12. The van der Waals surface area contributed by atoms with Crippen molar-refractivity contribution in [3.63, 3.8) is 0 Å². The van der Waals surface area contributed by atoms with E-state index in [1.807, 2.05) is 37.4 Å². The summed E-state index contributed by atoms with van der Waals surface area (Å²) in [5, 5.41) is 12.0. The maximum Gasteiger partial charge on any atom is 0.122 e. The van der Waals surface area contributed by atoms with E-state index in [1.165, 1.54) is 4.88 Å². The van der Waals surface area contributed by atoms with Crippen LogP contribution in [0.25, 0.3) is 0 Å². The number of pyridine rings is 1. The summed E-state index contributed by atoms with van der Waals surface area (Å²) in [4.78, 5) is 5.39. The number of thiophene rings is 1. The molecule has 2 nitrogen and oxygen atoms in total. The normalized spacial score (nSPS) is 12.7. The number of aliphatic hydroxyl groups excluding tert-OH is 1. The van der Waals surface area contributed by atoms with Crippen LogP contribution in [0.4, 0.5) is 0 Å². The average molecular weight is 219 g/mol. The Hall–Kier alpha value is -1.19. The van der Waals surface area contributed by atoms with Crippen LogP contribution in [0.1, 0.15) is 27.8 Å². The molecule has 78 valence electrons. The van der Waals surface area contributed by atoms with Gasteiger partial charge in [-0.1, -0.05) is 0 Å². The summed E-state index contributed by atoms with van der Waals surface area (Å²) in [6, 6.07) is 5.84. The molecule has 0 bridgehead atoms. The Labute approximate surface area is 93.2 Å². The van der Waals surface area contributed by atoms with Gasteiger partial charge in [-0.15, -0.1) is 11.3 Å². The number of aliphatic hydroxyl groups is 1. The molecule has 2 aromatic rings. The maximum absolute atomic E-state index is 10.1. The average Bonchev–Trinajstić information content (AvgIpc) is 2.64. The van der Waals surface area contributed by atoms with Gasteiger partial charge in [-0.25, -0.2) is 0 Å². The van der Waals surface area contributed by atoms with Crippen LogP contribution in [-0.2, 0) is 0 Å². The third-order valence-electron chi connectivity index (χ3n) is 2.28. The first kappa shape index (κ1) is 10.3. The van der Waals surface area contributed by atoms with Crippen molar-refractivity contribution in [3.05, 3.63) is 51.5 Å². The number of rotatable bonds is 2. The third kappa shape index (κ3) is 2.25.